The molecule has 1 aliphatic carbocycles. The normalized spacial score (nSPS) is 16.8. The van der Waals surface area contributed by atoms with Gasteiger partial charge in [0, 0.05) is 5.56 Å². The molecule has 0 spiro atoms. The first kappa shape index (κ1) is 16.3. The molecule has 1 aliphatic rings. The number of oxazole rings is 1. The molecule has 1 fully saturated rings. The molecule has 1 aromatic carbocycles. The number of aromatic hydroxyl groups is 1. The van der Waals surface area contributed by atoms with Crippen molar-refractivity contribution in [1.82, 2.24) is 10.3 Å². The number of amides is 1. The van der Waals surface area contributed by atoms with E-state index in [0.29, 0.717) is 23.4 Å². The van der Waals surface area contributed by atoms with Crippen LogP contribution in [0.4, 0.5) is 0 Å². The van der Waals surface area contributed by atoms with Gasteiger partial charge >= 0.3 is 12.0 Å². The highest BCUT2D eigenvalue weighted by atomic mass is 16.5. The van der Waals surface area contributed by atoms with Gasteiger partial charge in [-0.2, -0.15) is 4.98 Å². The second-order valence-electron chi connectivity index (χ2n) is 6.28. The third kappa shape index (κ3) is 3.67. The molecule has 0 saturated heterocycles. The molecule has 1 atom stereocenters. The first-order valence-corrected chi connectivity index (χ1v) is 8.16. The Morgan fingerprint density at radius 3 is 2.75 bits per heavy atom. The van der Waals surface area contributed by atoms with Crippen LogP contribution in [-0.4, -0.2) is 33.1 Å². The summed E-state index contributed by atoms with van der Waals surface area (Å²) < 4.78 is 4.94. The number of aliphatic carboxylic acids is 1. The van der Waals surface area contributed by atoms with Gasteiger partial charge in [-0.1, -0.05) is 32.1 Å². The van der Waals surface area contributed by atoms with Crippen molar-refractivity contribution in [3.05, 3.63) is 23.8 Å². The Hall–Kier alpha value is -2.57. The van der Waals surface area contributed by atoms with Crippen LogP contribution in [0.3, 0.4) is 0 Å². The SMILES string of the molecule is O=C(N[C@@H](CC1CCCCC1)C(=O)O)c1ccc2oc(O)nc2c1. The first-order valence-electron chi connectivity index (χ1n) is 8.16. The van der Waals surface area contributed by atoms with Crippen LogP contribution in [0.5, 0.6) is 6.08 Å². The van der Waals surface area contributed by atoms with Crippen molar-refractivity contribution in [2.45, 2.75) is 44.6 Å². The second-order valence-corrected chi connectivity index (χ2v) is 6.28. The van der Waals surface area contributed by atoms with Gasteiger partial charge in [-0.15, -0.1) is 0 Å². The number of fused-ring (bicyclic) bond motifs is 1. The Kier molecular flexibility index (Phi) is 4.69. The molecule has 2 aromatic rings. The molecule has 7 nitrogen and oxygen atoms in total. The molecule has 3 N–H and O–H groups in total. The molecule has 1 heterocycles. The van der Waals surface area contributed by atoms with Gasteiger partial charge in [0.15, 0.2) is 5.58 Å². The van der Waals surface area contributed by atoms with Gasteiger partial charge in [0.2, 0.25) is 0 Å². The summed E-state index contributed by atoms with van der Waals surface area (Å²) in [5, 5.41) is 21.2. The van der Waals surface area contributed by atoms with Gasteiger partial charge in [-0.25, -0.2) is 4.79 Å². The van der Waals surface area contributed by atoms with E-state index in [1.807, 2.05) is 0 Å². The molecule has 128 valence electrons. The first-order chi connectivity index (χ1) is 11.5. The largest absolute Gasteiger partial charge is 0.480 e. The highest BCUT2D eigenvalue weighted by Crippen LogP contribution is 2.27. The fourth-order valence-corrected chi connectivity index (χ4v) is 3.28. The zero-order chi connectivity index (χ0) is 17.1. The molecule has 1 aromatic heterocycles. The van der Waals surface area contributed by atoms with Crippen molar-refractivity contribution < 1.29 is 24.2 Å². The Morgan fingerprint density at radius 2 is 2.04 bits per heavy atom. The van der Waals surface area contributed by atoms with Crippen LogP contribution in [-0.2, 0) is 4.79 Å². The maximum atomic E-state index is 12.4. The molecule has 24 heavy (non-hydrogen) atoms. The number of nitrogens with one attached hydrogen (secondary N) is 1. The fourth-order valence-electron chi connectivity index (χ4n) is 3.28. The summed E-state index contributed by atoms with van der Waals surface area (Å²) in [4.78, 5) is 27.6. The summed E-state index contributed by atoms with van der Waals surface area (Å²) in [6.45, 7) is 0. The Bertz CT molecular complexity index is 749. The van der Waals surface area contributed by atoms with Crippen LogP contribution >= 0.6 is 0 Å². The molecule has 7 heteroatoms. The van der Waals surface area contributed by atoms with E-state index < -0.39 is 24.0 Å². The molecule has 0 bridgehead atoms. The van der Waals surface area contributed by atoms with Crippen LogP contribution < -0.4 is 5.32 Å². The van der Waals surface area contributed by atoms with Crippen LogP contribution in [0.2, 0.25) is 0 Å². The minimum atomic E-state index is -1.02. The van der Waals surface area contributed by atoms with E-state index in [1.165, 1.54) is 24.6 Å². The average Bonchev–Trinajstić information content (AvgIpc) is 2.94. The summed E-state index contributed by atoms with van der Waals surface area (Å²) >= 11 is 0. The van der Waals surface area contributed by atoms with Gasteiger partial charge in [0.1, 0.15) is 11.6 Å². The highest BCUT2D eigenvalue weighted by Gasteiger charge is 2.26. The van der Waals surface area contributed by atoms with Gasteiger partial charge in [0.05, 0.1) is 0 Å². The van der Waals surface area contributed by atoms with E-state index in [0.717, 1.165) is 25.7 Å². The molecule has 0 radical (unpaired) electrons. The fraction of sp³-hybridized carbons (Fsp3) is 0.471. The van der Waals surface area contributed by atoms with E-state index in [-0.39, 0.29) is 5.56 Å². The van der Waals surface area contributed by atoms with Crippen LogP contribution in [0, 0.1) is 5.92 Å². The predicted molar refractivity (Wildman–Crippen MR) is 85.8 cm³/mol. The minimum Gasteiger partial charge on any atom is -0.480 e. The standard InChI is InChI=1S/C17H20N2O5/c20-15(11-6-7-14-12(9-11)19-17(23)24-14)18-13(16(21)22)8-10-4-2-1-3-5-10/h6-7,9-10,13H,1-5,8H2,(H,18,20)(H,19,23)(H,21,22)/t13-/m0/s1. The average molecular weight is 332 g/mol. The Morgan fingerprint density at radius 1 is 1.29 bits per heavy atom. The molecule has 3 rings (SSSR count). The zero-order valence-corrected chi connectivity index (χ0v) is 13.2. The lowest BCUT2D eigenvalue weighted by atomic mass is 9.85. The van der Waals surface area contributed by atoms with Gasteiger partial charge < -0.3 is 19.9 Å². The van der Waals surface area contributed by atoms with E-state index in [1.54, 1.807) is 0 Å². The number of carboxylic acid groups (broad SMARTS) is 1. The number of carbonyl (C=O) groups excluding carboxylic acids is 1. The third-order valence-electron chi connectivity index (χ3n) is 4.54. The summed E-state index contributed by atoms with van der Waals surface area (Å²) in [6, 6.07) is 3.60. The number of rotatable bonds is 5. The summed E-state index contributed by atoms with van der Waals surface area (Å²) in [6.07, 6.45) is 5.46. The third-order valence-corrected chi connectivity index (χ3v) is 4.54. The molecule has 0 unspecified atom stereocenters. The highest BCUT2D eigenvalue weighted by molar-refractivity contribution is 5.98. The number of carboxylic acids is 1. The quantitative estimate of drug-likeness (QED) is 0.776. The maximum Gasteiger partial charge on any atom is 0.392 e. The predicted octanol–water partition coefficient (Wildman–Crippen LogP) is 2.69. The molecule has 0 aliphatic heterocycles. The van der Waals surface area contributed by atoms with E-state index in [2.05, 4.69) is 10.3 Å². The van der Waals surface area contributed by atoms with Crippen molar-refractivity contribution in [1.29, 1.82) is 0 Å². The zero-order valence-electron chi connectivity index (χ0n) is 13.2. The Balaban J connectivity index is 1.70. The van der Waals surface area contributed by atoms with Crippen LogP contribution in [0.1, 0.15) is 48.9 Å². The number of hydrogen-bond acceptors (Lipinski definition) is 5. The van der Waals surface area contributed by atoms with Crippen LogP contribution in [0.25, 0.3) is 11.1 Å². The number of hydrogen-bond donors (Lipinski definition) is 3. The topological polar surface area (TPSA) is 113 Å². The maximum absolute atomic E-state index is 12.4. The Labute approximate surface area is 138 Å². The van der Waals surface area contributed by atoms with Gasteiger partial charge in [-0.3, -0.25) is 4.79 Å². The lowest BCUT2D eigenvalue weighted by molar-refractivity contribution is -0.139. The van der Waals surface area contributed by atoms with E-state index in [9.17, 15) is 19.8 Å². The lowest BCUT2D eigenvalue weighted by Crippen LogP contribution is -2.42. The van der Waals surface area contributed by atoms with Crippen molar-refractivity contribution in [2.24, 2.45) is 5.92 Å². The summed E-state index contributed by atoms with van der Waals surface area (Å²) in [5.41, 5.74) is 0.992. The van der Waals surface area contributed by atoms with Gasteiger partial charge in [0.25, 0.3) is 5.91 Å². The van der Waals surface area contributed by atoms with E-state index >= 15 is 0 Å². The number of benzene rings is 1. The van der Waals surface area contributed by atoms with E-state index in [4.69, 9.17) is 4.42 Å². The lowest BCUT2D eigenvalue weighted by Gasteiger charge is -2.25. The molecule has 1 amide bonds. The van der Waals surface area contributed by atoms with Crippen LogP contribution in [0.15, 0.2) is 22.6 Å². The minimum absolute atomic E-state index is 0.283. The molecular weight excluding hydrogens is 312 g/mol. The summed E-state index contributed by atoms with van der Waals surface area (Å²) in [5.74, 6) is -1.15. The summed E-state index contributed by atoms with van der Waals surface area (Å²) in [7, 11) is 0. The molecule has 1 saturated carbocycles. The number of aromatic nitrogens is 1. The van der Waals surface area contributed by atoms with Crippen molar-refractivity contribution in [3.63, 3.8) is 0 Å². The van der Waals surface area contributed by atoms with Crippen molar-refractivity contribution in [2.75, 3.05) is 0 Å². The number of carbonyl (C=O) groups is 2. The number of nitrogens with zero attached hydrogens (tertiary/aromatic N) is 1. The van der Waals surface area contributed by atoms with Crippen molar-refractivity contribution in [3.8, 4) is 6.08 Å². The van der Waals surface area contributed by atoms with Crippen molar-refractivity contribution >= 4 is 23.0 Å². The monoisotopic (exact) mass is 332 g/mol. The smallest absolute Gasteiger partial charge is 0.392 e. The second kappa shape index (κ2) is 6.90. The molecular formula is C17H20N2O5. The van der Waals surface area contributed by atoms with Gasteiger partial charge in [-0.05, 0) is 30.5 Å².